The number of benzene rings is 3. The SMILES string of the molecule is CCC(C)(C)C(C)(C(=O)OCCOc1ccc(C(=O)Nc2ccc(N=Nc3ccc(C#N)cc3C#N)cc2)cc1)C(C)(C)C. The van der Waals surface area contributed by atoms with Gasteiger partial charge in [-0.1, -0.05) is 41.5 Å². The Morgan fingerprint density at radius 3 is 2.07 bits per heavy atom. The number of amides is 1. The fourth-order valence-electron chi connectivity index (χ4n) is 4.80. The molecule has 1 amide bonds. The second kappa shape index (κ2) is 14.0. The molecule has 0 aliphatic rings. The predicted molar refractivity (Wildman–Crippen MR) is 169 cm³/mol. The van der Waals surface area contributed by atoms with Gasteiger partial charge in [-0.15, -0.1) is 5.11 Å². The van der Waals surface area contributed by atoms with Crippen LogP contribution in [0.2, 0.25) is 0 Å². The normalized spacial score (nSPS) is 12.9. The number of azo groups is 1. The zero-order chi connectivity index (χ0) is 32.5. The van der Waals surface area contributed by atoms with E-state index in [2.05, 4.69) is 57.1 Å². The number of rotatable bonds is 11. The summed E-state index contributed by atoms with van der Waals surface area (Å²) in [5.74, 6) is 0.0284. The molecule has 0 heterocycles. The van der Waals surface area contributed by atoms with Crippen molar-refractivity contribution >= 4 is 28.9 Å². The minimum atomic E-state index is -0.678. The Hall–Kier alpha value is -5.02. The molecule has 0 spiro atoms. The van der Waals surface area contributed by atoms with Crippen LogP contribution in [0.3, 0.4) is 0 Å². The average molecular weight is 594 g/mol. The van der Waals surface area contributed by atoms with Gasteiger partial charge in [-0.05, 0) is 90.9 Å². The number of hydrogen-bond acceptors (Lipinski definition) is 8. The molecule has 9 heteroatoms. The molecule has 0 bridgehead atoms. The molecule has 0 aliphatic heterocycles. The van der Waals surface area contributed by atoms with Crippen LogP contribution in [0, 0.1) is 38.9 Å². The van der Waals surface area contributed by atoms with Crippen LogP contribution in [-0.4, -0.2) is 25.1 Å². The summed E-state index contributed by atoms with van der Waals surface area (Å²) in [4.78, 5) is 26.0. The number of hydrogen-bond donors (Lipinski definition) is 1. The summed E-state index contributed by atoms with van der Waals surface area (Å²) in [5.41, 5.74) is 1.32. The van der Waals surface area contributed by atoms with Crippen LogP contribution in [-0.2, 0) is 9.53 Å². The Balaban J connectivity index is 1.52. The minimum absolute atomic E-state index is 0.120. The third kappa shape index (κ3) is 7.67. The number of nitrogens with one attached hydrogen (secondary N) is 1. The zero-order valence-corrected chi connectivity index (χ0v) is 26.4. The van der Waals surface area contributed by atoms with Crippen LogP contribution in [0.15, 0.2) is 77.0 Å². The van der Waals surface area contributed by atoms with Gasteiger partial charge in [-0.25, -0.2) is 0 Å². The molecule has 1 N–H and O–H groups in total. The van der Waals surface area contributed by atoms with Crippen molar-refractivity contribution in [2.24, 2.45) is 26.5 Å². The van der Waals surface area contributed by atoms with E-state index in [0.717, 1.165) is 6.42 Å². The molecule has 3 rings (SSSR count). The van der Waals surface area contributed by atoms with E-state index >= 15 is 0 Å². The van der Waals surface area contributed by atoms with E-state index in [4.69, 9.17) is 14.7 Å². The lowest BCUT2D eigenvalue weighted by molar-refractivity contribution is -0.175. The van der Waals surface area contributed by atoms with Gasteiger partial charge in [-0.2, -0.15) is 15.6 Å². The summed E-state index contributed by atoms with van der Waals surface area (Å²) in [6, 6.07) is 22.1. The molecule has 9 nitrogen and oxygen atoms in total. The summed E-state index contributed by atoms with van der Waals surface area (Å²) in [5, 5.41) is 29.4. The van der Waals surface area contributed by atoms with E-state index in [0.29, 0.717) is 33.9 Å². The summed E-state index contributed by atoms with van der Waals surface area (Å²) in [6.45, 7) is 14.8. The van der Waals surface area contributed by atoms with Crippen molar-refractivity contribution in [3.8, 4) is 17.9 Å². The van der Waals surface area contributed by atoms with Crippen LogP contribution >= 0.6 is 0 Å². The van der Waals surface area contributed by atoms with E-state index in [1.807, 2.05) is 19.1 Å². The van der Waals surface area contributed by atoms with Gasteiger partial charge in [0.2, 0.25) is 0 Å². The lowest BCUT2D eigenvalue weighted by Gasteiger charge is -2.50. The second-order valence-corrected chi connectivity index (χ2v) is 12.3. The van der Waals surface area contributed by atoms with Gasteiger partial charge in [0.15, 0.2) is 0 Å². The smallest absolute Gasteiger partial charge is 0.312 e. The molecule has 0 aromatic heterocycles. The molecule has 1 atom stereocenters. The van der Waals surface area contributed by atoms with E-state index in [-0.39, 0.29) is 41.5 Å². The van der Waals surface area contributed by atoms with Crippen molar-refractivity contribution < 1.29 is 19.1 Å². The Bertz CT molecular complexity index is 1590. The van der Waals surface area contributed by atoms with Gasteiger partial charge < -0.3 is 14.8 Å². The van der Waals surface area contributed by atoms with E-state index in [1.165, 1.54) is 6.07 Å². The summed E-state index contributed by atoms with van der Waals surface area (Å²) < 4.78 is 11.4. The molecule has 0 fully saturated rings. The molecule has 0 radical (unpaired) electrons. The number of esters is 1. The molecule has 3 aromatic rings. The van der Waals surface area contributed by atoms with Crippen molar-refractivity contribution in [3.05, 3.63) is 83.4 Å². The van der Waals surface area contributed by atoms with Crippen LogP contribution < -0.4 is 10.1 Å². The Labute approximate surface area is 259 Å². The third-order valence-electron chi connectivity index (χ3n) is 8.49. The first-order valence-corrected chi connectivity index (χ1v) is 14.4. The largest absolute Gasteiger partial charge is 0.490 e. The topological polar surface area (TPSA) is 137 Å². The minimum Gasteiger partial charge on any atom is -0.490 e. The maximum atomic E-state index is 13.2. The number of ether oxygens (including phenoxy) is 2. The molecule has 228 valence electrons. The molecule has 0 saturated carbocycles. The first-order chi connectivity index (χ1) is 20.7. The van der Waals surface area contributed by atoms with Crippen LogP contribution in [0.5, 0.6) is 5.75 Å². The van der Waals surface area contributed by atoms with Gasteiger partial charge in [0.25, 0.3) is 5.91 Å². The highest BCUT2D eigenvalue weighted by Crippen LogP contribution is 2.53. The molecule has 0 aliphatic carbocycles. The van der Waals surface area contributed by atoms with Gasteiger partial charge in [0.05, 0.1) is 28.3 Å². The zero-order valence-electron chi connectivity index (χ0n) is 26.4. The first kappa shape index (κ1) is 33.5. The Kier molecular flexibility index (Phi) is 10.6. The fourth-order valence-corrected chi connectivity index (χ4v) is 4.80. The van der Waals surface area contributed by atoms with Crippen LogP contribution in [0.4, 0.5) is 17.1 Å². The average Bonchev–Trinajstić information content (AvgIpc) is 3.01. The lowest BCUT2D eigenvalue weighted by Crippen LogP contribution is -2.52. The van der Waals surface area contributed by atoms with Crippen molar-refractivity contribution in [2.45, 2.75) is 54.9 Å². The molecule has 1 unspecified atom stereocenters. The van der Waals surface area contributed by atoms with Gasteiger partial charge in [-0.3, -0.25) is 9.59 Å². The second-order valence-electron chi connectivity index (χ2n) is 12.3. The molecular formula is C35H39N5O4. The molecule has 0 saturated heterocycles. The number of carbonyl (C=O) groups is 2. The fraction of sp³-hybridized carbons (Fsp3) is 0.371. The van der Waals surface area contributed by atoms with Gasteiger partial charge >= 0.3 is 5.97 Å². The van der Waals surface area contributed by atoms with E-state index in [1.54, 1.807) is 60.7 Å². The first-order valence-electron chi connectivity index (χ1n) is 14.4. The van der Waals surface area contributed by atoms with Crippen molar-refractivity contribution in [1.82, 2.24) is 0 Å². The molecular weight excluding hydrogens is 554 g/mol. The lowest BCUT2D eigenvalue weighted by atomic mass is 9.53. The standard InChI is InChI=1S/C35H39N5O4/c1-8-34(5,6)35(7,33(2,3)4)32(42)44-20-19-43-29-16-10-25(11-17-29)31(41)38-27-12-14-28(15-13-27)39-40-30-18-9-24(22-36)21-26(30)23-37/h9-18,21H,8,19-20H2,1-7H3,(H,38,41). The summed E-state index contributed by atoms with van der Waals surface area (Å²) in [6.07, 6.45) is 0.843. The third-order valence-corrected chi connectivity index (χ3v) is 8.49. The van der Waals surface area contributed by atoms with Gasteiger partial charge in [0, 0.05) is 11.3 Å². The number of nitriles is 2. The highest BCUT2D eigenvalue weighted by molar-refractivity contribution is 6.04. The number of anilines is 1. The van der Waals surface area contributed by atoms with E-state index < -0.39 is 5.41 Å². The van der Waals surface area contributed by atoms with Crippen molar-refractivity contribution in [3.63, 3.8) is 0 Å². The highest BCUT2D eigenvalue weighted by atomic mass is 16.6. The maximum Gasteiger partial charge on any atom is 0.312 e. The highest BCUT2D eigenvalue weighted by Gasteiger charge is 2.54. The summed E-state index contributed by atoms with van der Waals surface area (Å²) >= 11 is 0. The molecule has 44 heavy (non-hydrogen) atoms. The van der Waals surface area contributed by atoms with Crippen molar-refractivity contribution in [2.75, 3.05) is 18.5 Å². The Morgan fingerprint density at radius 1 is 0.841 bits per heavy atom. The number of carbonyl (C=O) groups excluding carboxylic acids is 2. The van der Waals surface area contributed by atoms with Crippen LogP contribution in [0.25, 0.3) is 0 Å². The summed E-state index contributed by atoms with van der Waals surface area (Å²) in [7, 11) is 0. The van der Waals surface area contributed by atoms with Gasteiger partial charge in [0.1, 0.15) is 30.7 Å². The quantitative estimate of drug-likeness (QED) is 0.134. The molecule has 3 aromatic carbocycles. The monoisotopic (exact) mass is 593 g/mol. The maximum absolute atomic E-state index is 13.2. The number of nitrogens with zero attached hydrogens (tertiary/aromatic N) is 4. The van der Waals surface area contributed by atoms with Crippen LogP contribution in [0.1, 0.15) is 76.4 Å². The van der Waals surface area contributed by atoms with Crippen molar-refractivity contribution in [1.29, 1.82) is 10.5 Å². The predicted octanol–water partition coefficient (Wildman–Crippen LogP) is 8.51. The Morgan fingerprint density at radius 2 is 1.50 bits per heavy atom. The van der Waals surface area contributed by atoms with E-state index in [9.17, 15) is 14.9 Å².